The highest BCUT2D eigenvalue weighted by molar-refractivity contribution is 7.00. The molecule has 2 aliphatic heterocycles. The van der Waals surface area contributed by atoms with Crippen LogP contribution in [0.25, 0.3) is 11.1 Å². The average Bonchev–Trinajstić information content (AvgIpc) is 4.09. The lowest BCUT2D eigenvalue weighted by atomic mass is 9.33. The number of anilines is 6. The van der Waals surface area contributed by atoms with E-state index in [9.17, 15) is 0 Å². The summed E-state index contributed by atoms with van der Waals surface area (Å²) in [4.78, 5) is 5.39. The van der Waals surface area contributed by atoms with E-state index in [0.29, 0.717) is 11.8 Å². The summed E-state index contributed by atoms with van der Waals surface area (Å²) in [5.41, 5.74) is 29.1. The van der Waals surface area contributed by atoms with Crippen LogP contribution in [-0.4, -0.2) is 6.71 Å². The first-order valence-electron chi connectivity index (χ1n) is 25.7. The molecule has 0 bridgehead atoms. The topological polar surface area (TPSA) is 6.48 Å². The van der Waals surface area contributed by atoms with Crippen LogP contribution >= 0.6 is 0 Å². The van der Waals surface area contributed by atoms with Gasteiger partial charge in [0.25, 0.3) is 6.71 Å². The van der Waals surface area contributed by atoms with Gasteiger partial charge in [-0.3, -0.25) is 0 Å². The second-order valence-electron chi connectivity index (χ2n) is 20.9. The lowest BCUT2D eigenvalue weighted by Crippen LogP contribution is -2.61. The van der Waals surface area contributed by atoms with Crippen molar-refractivity contribution in [1.29, 1.82) is 0 Å². The van der Waals surface area contributed by atoms with Crippen molar-refractivity contribution in [1.82, 2.24) is 0 Å². The number of rotatable bonds is 12. The third-order valence-electron chi connectivity index (χ3n) is 16.1. The van der Waals surface area contributed by atoms with Crippen molar-refractivity contribution < 1.29 is 0 Å². The molecule has 1 saturated carbocycles. The van der Waals surface area contributed by atoms with E-state index in [1.165, 1.54) is 168 Å². The van der Waals surface area contributed by atoms with Crippen LogP contribution in [0.1, 0.15) is 148 Å². The Bertz CT molecular complexity index is 2740. The molecule has 1 fully saturated rings. The summed E-state index contributed by atoms with van der Waals surface area (Å²) >= 11 is 0. The highest BCUT2D eigenvalue weighted by Crippen LogP contribution is 2.53. The molecule has 2 heterocycles. The number of nitrogens with zero attached hydrogens (tertiary/aromatic N) is 2. The fourth-order valence-electron chi connectivity index (χ4n) is 12.7. The maximum Gasteiger partial charge on any atom is 0.252 e. The fourth-order valence-corrected chi connectivity index (χ4v) is 12.7. The van der Waals surface area contributed by atoms with Gasteiger partial charge in [-0.25, -0.2) is 0 Å². The molecule has 6 aromatic carbocycles. The third-order valence-corrected chi connectivity index (χ3v) is 16.1. The summed E-state index contributed by atoms with van der Waals surface area (Å²) in [5, 5.41) is 0. The van der Waals surface area contributed by atoms with Crippen LogP contribution in [0.5, 0.6) is 0 Å². The molecule has 0 radical (unpaired) electrons. The van der Waals surface area contributed by atoms with Gasteiger partial charge in [-0.05, 0) is 224 Å². The molecule has 0 amide bonds. The van der Waals surface area contributed by atoms with Gasteiger partial charge >= 0.3 is 0 Å². The molecule has 5 aliphatic rings. The highest BCUT2D eigenvalue weighted by Gasteiger charge is 2.45. The Kier molecular flexibility index (Phi) is 11.1. The maximum atomic E-state index is 2.77. The average molecular weight is 841 g/mol. The van der Waals surface area contributed by atoms with Gasteiger partial charge in [-0.1, -0.05) is 107 Å². The molecule has 3 atom stereocenters. The predicted octanol–water partition coefficient (Wildman–Crippen LogP) is 14.6. The minimum atomic E-state index is 0.139. The zero-order valence-corrected chi connectivity index (χ0v) is 39.8. The minimum Gasteiger partial charge on any atom is -0.311 e. The van der Waals surface area contributed by atoms with E-state index in [1.807, 2.05) is 0 Å². The normalized spacial score (nSPS) is 19.2. The first kappa shape index (κ1) is 41.7. The summed E-state index contributed by atoms with van der Waals surface area (Å²) in [6.07, 6.45) is 19.7. The van der Waals surface area contributed by atoms with E-state index in [-0.39, 0.29) is 6.71 Å². The molecule has 11 rings (SSSR count). The Labute approximate surface area is 385 Å². The molecule has 0 spiro atoms. The Morgan fingerprint density at radius 3 is 2.08 bits per heavy atom. The molecule has 2 nitrogen and oxygen atoms in total. The van der Waals surface area contributed by atoms with Crippen molar-refractivity contribution in [2.45, 2.75) is 150 Å². The van der Waals surface area contributed by atoms with Gasteiger partial charge in [-0.15, -0.1) is 0 Å². The summed E-state index contributed by atoms with van der Waals surface area (Å²) in [7, 11) is 0. The number of aryl methyl sites for hydroxylation is 6. The molecule has 64 heavy (non-hydrogen) atoms. The van der Waals surface area contributed by atoms with Crippen molar-refractivity contribution in [3.8, 4) is 11.1 Å². The Morgan fingerprint density at radius 1 is 0.594 bits per heavy atom. The van der Waals surface area contributed by atoms with E-state index in [1.54, 1.807) is 33.4 Å². The van der Waals surface area contributed by atoms with Crippen molar-refractivity contribution in [2.24, 2.45) is 11.8 Å². The van der Waals surface area contributed by atoms with Crippen LogP contribution in [0.4, 0.5) is 34.1 Å². The van der Waals surface area contributed by atoms with Gasteiger partial charge in [-0.2, -0.15) is 0 Å². The maximum absolute atomic E-state index is 2.77. The fraction of sp³-hybridized carbons (Fsp3) is 0.410. The van der Waals surface area contributed by atoms with E-state index < -0.39 is 0 Å². The van der Waals surface area contributed by atoms with Crippen molar-refractivity contribution in [3.63, 3.8) is 0 Å². The monoisotopic (exact) mass is 841 g/mol. The van der Waals surface area contributed by atoms with Crippen molar-refractivity contribution >= 4 is 57.2 Å². The highest BCUT2D eigenvalue weighted by atomic mass is 15.2. The summed E-state index contributed by atoms with van der Waals surface area (Å²) in [6, 6.07) is 40.0. The van der Waals surface area contributed by atoms with Crippen LogP contribution in [0.3, 0.4) is 0 Å². The van der Waals surface area contributed by atoms with E-state index in [2.05, 4.69) is 148 Å². The first-order chi connectivity index (χ1) is 31.3. The van der Waals surface area contributed by atoms with Crippen LogP contribution in [0.2, 0.25) is 0 Å². The van der Waals surface area contributed by atoms with Crippen LogP contribution < -0.4 is 26.2 Å². The molecular weight excluding hydrogens is 771 g/mol. The standard InChI is InChI=1S/C61H69BN2/c1-7-10-15-42-21-26-48(27-22-42)63-56-28-20-40(5)32-53(56)62-54-38-47(50-37-44(50)14-9-3)25-30-57(54)64(59-34-41(6)33-58(63)61(59)62)55-29-23-43(16-11-8-2)35-52(55)60-49-18-13-12-17-45(49)36-46-24-19-39(4)31-51(46)60/h20-23,25-30,32-36,38-39,44,50H,7-19,24,31,37H2,1-6H3. The molecule has 0 aromatic heterocycles. The van der Waals surface area contributed by atoms with Gasteiger partial charge in [0, 0.05) is 34.0 Å². The lowest BCUT2D eigenvalue weighted by molar-refractivity contribution is 0.500. The summed E-state index contributed by atoms with van der Waals surface area (Å²) < 4.78 is 0. The quantitative estimate of drug-likeness (QED) is 0.113. The number of hydrogen-bond donors (Lipinski definition) is 0. The summed E-state index contributed by atoms with van der Waals surface area (Å²) in [6.45, 7) is 14.3. The van der Waals surface area contributed by atoms with E-state index >= 15 is 0 Å². The first-order valence-corrected chi connectivity index (χ1v) is 25.7. The molecular formula is C61H69BN2. The second kappa shape index (κ2) is 17.1. The Balaban J connectivity index is 1.19. The van der Waals surface area contributed by atoms with Crippen LogP contribution in [-0.2, 0) is 38.5 Å². The van der Waals surface area contributed by atoms with Gasteiger partial charge in [0.15, 0.2) is 0 Å². The third kappa shape index (κ3) is 7.25. The van der Waals surface area contributed by atoms with E-state index in [0.717, 1.165) is 18.8 Å². The molecule has 6 aromatic rings. The predicted molar refractivity (Wildman–Crippen MR) is 276 cm³/mol. The number of hydrogen-bond acceptors (Lipinski definition) is 2. The SMILES string of the molecule is CCCCc1ccc(N2c3ccc(C)cc3B3c4cc(C5CC5CCC)ccc4N(c4ccc(CCCC)cc4-c4c5c(cc6c4CC(C)CC6)CCCC5)c4cc(C)cc2c43)cc1. The van der Waals surface area contributed by atoms with Crippen LogP contribution in [0, 0.1) is 25.7 Å². The van der Waals surface area contributed by atoms with Gasteiger partial charge in [0.1, 0.15) is 0 Å². The largest absolute Gasteiger partial charge is 0.311 e. The van der Waals surface area contributed by atoms with Crippen molar-refractivity contribution in [3.05, 3.63) is 147 Å². The molecule has 326 valence electrons. The number of fused-ring (bicyclic) bond motifs is 6. The molecule has 3 aliphatic carbocycles. The molecule has 0 saturated heterocycles. The van der Waals surface area contributed by atoms with Crippen molar-refractivity contribution in [2.75, 3.05) is 9.80 Å². The van der Waals surface area contributed by atoms with Gasteiger partial charge in [0.2, 0.25) is 0 Å². The van der Waals surface area contributed by atoms with Gasteiger partial charge in [0.05, 0.1) is 5.69 Å². The van der Waals surface area contributed by atoms with Crippen LogP contribution in [0.15, 0.2) is 97.1 Å². The smallest absolute Gasteiger partial charge is 0.252 e. The number of benzene rings is 6. The molecule has 3 heteroatoms. The molecule has 3 unspecified atom stereocenters. The number of unbranched alkanes of at least 4 members (excludes halogenated alkanes) is 2. The summed E-state index contributed by atoms with van der Waals surface area (Å²) in [5.74, 6) is 2.18. The Morgan fingerprint density at radius 2 is 1.28 bits per heavy atom. The van der Waals surface area contributed by atoms with E-state index in [4.69, 9.17) is 0 Å². The Hall–Kier alpha value is -5.02. The zero-order chi connectivity index (χ0) is 43.6. The zero-order valence-electron chi connectivity index (χ0n) is 39.8. The minimum absolute atomic E-state index is 0.139. The second-order valence-corrected chi connectivity index (χ2v) is 20.9. The molecule has 0 N–H and O–H groups in total. The lowest BCUT2D eigenvalue weighted by Gasteiger charge is -2.45. The van der Waals surface area contributed by atoms with Gasteiger partial charge < -0.3 is 9.80 Å².